The maximum absolute atomic E-state index is 12.2. The molecule has 2 rings (SSSR count). The Balaban J connectivity index is 2.33. The lowest BCUT2D eigenvalue weighted by molar-refractivity contribution is -0.136. The highest BCUT2D eigenvalue weighted by molar-refractivity contribution is 5.98. The zero-order valence-corrected chi connectivity index (χ0v) is 13.9. The molecule has 7 nitrogen and oxygen atoms in total. The summed E-state index contributed by atoms with van der Waals surface area (Å²) in [6.07, 6.45) is 1.20. The molecule has 2 aromatic carbocycles. The Bertz CT molecular complexity index is 839. The third-order valence-electron chi connectivity index (χ3n) is 3.45. The fourth-order valence-electron chi connectivity index (χ4n) is 2.17. The van der Waals surface area contributed by atoms with Crippen LogP contribution in [0, 0.1) is 11.3 Å². The van der Waals surface area contributed by atoms with E-state index in [1.807, 2.05) is 36.4 Å². The first-order valence-electron chi connectivity index (χ1n) is 7.83. The maximum Gasteiger partial charge on any atom is 0.305 e. The molecule has 0 saturated heterocycles. The van der Waals surface area contributed by atoms with Crippen LogP contribution >= 0.6 is 0 Å². The van der Waals surface area contributed by atoms with E-state index >= 15 is 0 Å². The first-order valence-corrected chi connectivity index (χ1v) is 7.83. The number of nitrogens with zero attached hydrogens (tertiary/aromatic N) is 2. The summed E-state index contributed by atoms with van der Waals surface area (Å²) >= 11 is 0. The van der Waals surface area contributed by atoms with E-state index in [0.29, 0.717) is 5.69 Å². The average Bonchev–Trinajstić information content (AvgIpc) is 2.64. The minimum Gasteiger partial charge on any atom is -0.481 e. The molecular weight excluding hydrogens is 332 g/mol. The molecule has 0 radical (unpaired) electrons. The monoisotopic (exact) mass is 350 g/mol. The van der Waals surface area contributed by atoms with Crippen molar-refractivity contribution in [1.29, 1.82) is 5.26 Å². The average molecular weight is 350 g/mol. The van der Waals surface area contributed by atoms with Gasteiger partial charge in [-0.05, 0) is 36.4 Å². The van der Waals surface area contributed by atoms with Crippen LogP contribution in [-0.4, -0.2) is 23.5 Å². The molecule has 0 spiro atoms. The van der Waals surface area contributed by atoms with E-state index in [-0.39, 0.29) is 18.5 Å². The third kappa shape index (κ3) is 5.11. The van der Waals surface area contributed by atoms with Crippen LogP contribution in [0.15, 0.2) is 66.4 Å². The molecule has 0 fully saturated rings. The zero-order valence-electron chi connectivity index (χ0n) is 13.9. The highest BCUT2D eigenvalue weighted by Gasteiger charge is 2.14. The van der Waals surface area contributed by atoms with Crippen LogP contribution in [0.5, 0.6) is 0 Å². The van der Waals surface area contributed by atoms with Gasteiger partial charge in [-0.3, -0.25) is 9.59 Å². The molecule has 0 atom stereocenters. The second-order valence-electron chi connectivity index (χ2n) is 5.35. The van der Waals surface area contributed by atoms with Crippen molar-refractivity contribution in [2.24, 2.45) is 0 Å². The van der Waals surface area contributed by atoms with Crippen molar-refractivity contribution in [3.63, 3.8) is 0 Å². The molecule has 0 unspecified atom stereocenters. The fraction of sp³-hybridized carbons (Fsp3) is 0.105. The standard InChI is InChI=1S/C19H18N4O3/c20-12-14(19(26)22-11-10-18(24)25)13-23(16-4-2-1-3-5-16)17-8-6-15(21)7-9-17/h1-9,13H,10-11,21H2,(H,22,26)(H,24,25)/b14-13-. The van der Waals surface area contributed by atoms with Crippen LogP contribution in [0.4, 0.5) is 17.1 Å². The van der Waals surface area contributed by atoms with Crippen LogP contribution in [-0.2, 0) is 9.59 Å². The number of carbonyl (C=O) groups excluding carboxylic acids is 1. The number of anilines is 3. The van der Waals surface area contributed by atoms with Crippen LogP contribution in [0.3, 0.4) is 0 Å². The number of nitrogens with one attached hydrogen (secondary N) is 1. The summed E-state index contributed by atoms with van der Waals surface area (Å²) in [7, 11) is 0. The fourth-order valence-corrected chi connectivity index (χ4v) is 2.17. The molecule has 0 heterocycles. The number of carbonyl (C=O) groups is 2. The number of aliphatic carboxylic acids is 1. The first kappa shape index (κ1) is 18.5. The molecule has 0 aliphatic heterocycles. The Morgan fingerprint density at radius 3 is 2.31 bits per heavy atom. The number of amides is 1. The largest absolute Gasteiger partial charge is 0.481 e. The van der Waals surface area contributed by atoms with Gasteiger partial charge in [-0.25, -0.2) is 0 Å². The molecular formula is C19H18N4O3. The Morgan fingerprint density at radius 1 is 1.12 bits per heavy atom. The first-order chi connectivity index (χ1) is 12.5. The van der Waals surface area contributed by atoms with Crippen LogP contribution in [0.2, 0.25) is 0 Å². The van der Waals surface area contributed by atoms with E-state index in [0.717, 1.165) is 11.4 Å². The summed E-state index contributed by atoms with van der Waals surface area (Å²) in [6, 6.07) is 18.1. The van der Waals surface area contributed by atoms with Gasteiger partial charge in [0.15, 0.2) is 0 Å². The molecule has 132 valence electrons. The number of carboxylic acid groups (broad SMARTS) is 1. The lowest BCUT2D eigenvalue weighted by Crippen LogP contribution is -2.28. The van der Waals surface area contributed by atoms with Gasteiger partial charge in [0.05, 0.1) is 6.42 Å². The molecule has 4 N–H and O–H groups in total. The number of carboxylic acids is 1. The summed E-state index contributed by atoms with van der Waals surface area (Å²) in [4.78, 5) is 24.4. The van der Waals surface area contributed by atoms with Crippen molar-refractivity contribution < 1.29 is 14.7 Å². The number of hydrogen-bond donors (Lipinski definition) is 3. The summed E-state index contributed by atoms with van der Waals surface area (Å²) in [6.45, 7) is -0.0552. The summed E-state index contributed by atoms with van der Waals surface area (Å²) < 4.78 is 0. The Hall–Kier alpha value is -3.79. The third-order valence-corrected chi connectivity index (χ3v) is 3.45. The van der Waals surface area contributed by atoms with E-state index in [4.69, 9.17) is 10.8 Å². The van der Waals surface area contributed by atoms with E-state index in [2.05, 4.69) is 5.32 Å². The lowest BCUT2D eigenvalue weighted by Gasteiger charge is -2.21. The van der Waals surface area contributed by atoms with E-state index in [9.17, 15) is 14.9 Å². The molecule has 0 bridgehead atoms. The van der Waals surface area contributed by atoms with Gasteiger partial charge >= 0.3 is 5.97 Å². The number of nitrogen functional groups attached to an aromatic ring is 1. The number of rotatable bonds is 7. The van der Waals surface area contributed by atoms with Gasteiger partial charge in [-0.2, -0.15) is 5.26 Å². The second-order valence-corrected chi connectivity index (χ2v) is 5.35. The maximum atomic E-state index is 12.2. The molecule has 2 aromatic rings. The molecule has 0 aromatic heterocycles. The summed E-state index contributed by atoms with van der Waals surface area (Å²) in [5, 5.41) is 20.4. The quantitative estimate of drug-likeness (QED) is 0.401. The van der Waals surface area contributed by atoms with Gasteiger partial charge in [0.1, 0.15) is 11.6 Å². The zero-order chi connectivity index (χ0) is 18.9. The van der Waals surface area contributed by atoms with Gasteiger partial charge in [-0.15, -0.1) is 0 Å². The molecule has 0 aliphatic carbocycles. The highest BCUT2D eigenvalue weighted by Crippen LogP contribution is 2.27. The van der Waals surface area contributed by atoms with Gasteiger partial charge in [-0.1, -0.05) is 18.2 Å². The number of nitriles is 1. The number of nitrogens with two attached hydrogens (primary N) is 1. The van der Waals surface area contributed by atoms with Gasteiger partial charge < -0.3 is 21.1 Å². The van der Waals surface area contributed by atoms with Crippen molar-refractivity contribution in [2.45, 2.75) is 6.42 Å². The molecule has 1 amide bonds. The van der Waals surface area contributed by atoms with E-state index in [1.165, 1.54) is 6.20 Å². The second kappa shape index (κ2) is 8.89. The number of hydrogen-bond acceptors (Lipinski definition) is 5. The predicted molar refractivity (Wildman–Crippen MR) is 98.4 cm³/mol. The van der Waals surface area contributed by atoms with Crippen molar-refractivity contribution in [1.82, 2.24) is 5.32 Å². The van der Waals surface area contributed by atoms with E-state index < -0.39 is 11.9 Å². The van der Waals surface area contributed by atoms with Crippen molar-refractivity contribution in [2.75, 3.05) is 17.2 Å². The summed E-state index contributed by atoms with van der Waals surface area (Å²) in [5.41, 5.74) is 7.65. The summed E-state index contributed by atoms with van der Waals surface area (Å²) in [5.74, 6) is -1.66. The molecule has 0 aliphatic rings. The normalized spacial score (nSPS) is 10.7. The minimum absolute atomic E-state index is 0.0552. The SMILES string of the molecule is N#C/C(=C/N(c1ccccc1)c1ccc(N)cc1)C(=O)NCCC(=O)O. The van der Waals surface area contributed by atoms with Crippen molar-refractivity contribution in [3.8, 4) is 6.07 Å². The van der Waals surface area contributed by atoms with Gasteiger partial charge in [0, 0.05) is 29.8 Å². The Labute approximate surface area is 151 Å². The van der Waals surface area contributed by atoms with Crippen molar-refractivity contribution >= 4 is 28.9 Å². The molecule has 7 heteroatoms. The van der Waals surface area contributed by atoms with Crippen LogP contribution in [0.25, 0.3) is 0 Å². The Kier molecular flexibility index (Phi) is 6.34. The molecule has 0 saturated carbocycles. The Morgan fingerprint density at radius 2 is 1.73 bits per heavy atom. The topological polar surface area (TPSA) is 119 Å². The number of benzene rings is 2. The smallest absolute Gasteiger partial charge is 0.305 e. The van der Waals surface area contributed by atoms with Gasteiger partial charge in [0.2, 0.25) is 0 Å². The minimum atomic E-state index is -1.03. The lowest BCUT2D eigenvalue weighted by atomic mass is 10.2. The van der Waals surface area contributed by atoms with Gasteiger partial charge in [0.25, 0.3) is 5.91 Å². The van der Waals surface area contributed by atoms with E-state index in [1.54, 1.807) is 29.2 Å². The highest BCUT2D eigenvalue weighted by atomic mass is 16.4. The molecule has 26 heavy (non-hydrogen) atoms. The van der Waals surface area contributed by atoms with Crippen molar-refractivity contribution in [3.05, 3.63) is 66.4 Å². The number of para-hydroxylation sites is 1. The van der Waals surface area contributed by atoms with Crippen LogP contribution < -0.4 is 16.0 Å². The predicted octanol–water partition coefficient (Wildman–Crippen LogP) is 2.41. The van der Waals surface area contributed by atoms with Crippen LogP contribution in [0.1, 0.15) is 6.42 Å².